The molecule has 0 aliphatic rings. The van der Waals surface area contributed by atoms with Crippen molar-refractivity contribution in [2.75, 3.05) is 12.3 Å². The molecule has 0 saturated carbocycles. The van der Waals surface area contributed by atoms with Gasteiger partial charge in [-0.15, -0.1) is 0 Å². The Bertz CT molecular complexity index is 434. The van der Waals surface area contributed by atoms with Crippen LogP contribution in [0.25, 0.3) is 11.3 Å². The third-order valence-electron chi connectivity index (χ3n) is 2.07. The zero-order valence-electron chi connectivity index (χ0n) is 8.18. The monoisotopic (exact) mass is 204 g/mol. The predicted octanol–water partition coefficient (Wildman–Crippen LogP) is 1.46. The Morgan fingerprint density at radius 2 is 2.00 bits per heavy atom. The van der Waals surface area contributed by atoms with Gasteiger partial charge in [0, 0.05) is 17.7 Å². The van der Waals surface area contributed by atoms with Crippen LogP contribution in [0.1, 0.15) is 5.89 Å². The van der Waals surface area contributed by atoms with Gasteiger partial charge in [-0.3, -0.25) is 0 Å². The summed E-state index contributed by atoms with van der Waals surface area (Å²) in [6, 6.07) is 7.37. The number of nitrogens with zero attached hydrogens (tertiary/aromatic N) is 1. The topological polar surface area (TPSA) is 72.3 Å². The highest BCUT2D eigenvalue weighted by atomic mass is 16.4. The van der Waals surface area contributed by atoms with Crippen LogP contribution in [-0.4, -0.2) is 16.7 Å². The summed E-state index contributed by atoms with van der Waals surface area (Å²) in [6.45, 7) is 0.0433. The van der Waals surface area contributed by atoms with Crippen LogP contribution < -0.4 is 5.73 Å². The van der Waals surface area contributed by atoms with Gasteiger partial charge in [0.2, 0.25) is 0 Å². The summed E-state index contributed by atoms with van der Waals surface area (Å²) < 4.78 is 5.44. The van der Waals surface area contributed by atoms with E-state index >= 15 is 0 Å². The normalized spacial score (nSPS) is 10.5. The molecule has 2 rings (SSSR count). The lowest BCUT2D eigenvalue weighted by molar-refractivity contribution is 0.285. The molecule has 0 unspecified atom stereocenters. The van der Waals surface area contributed by atoms with Gasteiger partial charge in [-0.1, -0.05) is 0 Å². The van der Waals surface area contributed by atoms with E-state index in [1.54, 1.807) is 6.20 Å². The molecule has 0 atom stereocenters. The maximum Gasteiger partial charge on any atom is 0.197 e. The summed E-state index contributed by atoms with van der Waals surface area (Å²) in [4.78, 5) is 4.05. The van der Waals surface area contributed by atoms with Crippen LogP contribution in [-0.2, 0) is 6.42 Å². The van der Waals surface area contributed by atoms with Crippen LogP contribution in [0.15, 0.2) is 34.9 Å². The highest BCUT2D eigenvalue weighted by Gasteiger charge is 2.05. The third-order valence-corrected chi connectivity index (χ3v) is 2.07. The van der Waals surface area contributed by atoms with Crippen molar-refractivity contribution in [3.05, 3.63) is 36.4 Å². The number of anilines is 1. The smallest absolute Gasteiger partial charge is 0.197 e. The lowest BCUT2D eigenvalue weighted by Crippen LogP contribution is -1.88. The fraction of sp³-hybridized carbons (Fsp3) is 0.182. The molecule has 3 N–H and O–H groups in total. The van der Waals surface area contributed by atoms with Crippen LogP contribution in [0.4, 0.5) is 5.69 Å². The van der Waals surface area contributed by atoms with Gasteiger partial charge in [0.15, 0.2) is 11.7 Å². The van der Waals surface area contributed by atoms with E-state index in [4.69, 9.17) is 15.3 Å². The Kier molecular flexibility index (Phi) is 2.69. The fourth-order valence-electron chi connectivity index (χ4n) is 1.30. The molecule has 0 radical (unpaired) electrons. The van der Waals surface area contributed by atoms with E-state index in [0.29, 0.717) is 23.8 Å². The molecule has 1 heterocycles. The number of hydrogen-bond acceptors (Lipinski definition) is 4. The zero-order chi connectivity index (χ0) is 10.7. The number of aromatic nitrogens is 1. The summed E-state index contributed by atoms with van der Waals surface area (Å²) in [6.07, 6.45) is 2.09. The van der Waals surface area contributed by atoms with Crippen molar-refractivity contribution in [3.63, 3.8) is 0 Å². The van der Waals surface area contributed by atoms with E-state index < -0.39 is 0 Å². The van der Waals surface area contributed by atoms with Crippen LogP contribution in [0.3, 0.4) is 0 Å². The molecule has 2 aromatic rings. The van der Waals surface area contributed by atoms with Crippen LogP contribution >= 0.6 is 0 Å². The Hall–Kier alpha value is -1.81. The average molecular weight is 204 g/mol. The summed E-state index contributed by atoms with van der Waals surface area (Å²) in [5.41, 5.74) is 7.23. The molecule has 0 aliphatic carbocycles. The molecule has 4 heteroatoms. The molecule has 0 fully saturated rings. The lowest BCUT2D eigenvalue weighted by atomic mass is 10.2. The SMILES string of the molecule is Nc1ccc(-c2cnc(CCO)o2)cc1. The van der Waals surface area contributed by atoms with Gasteiger partial charge in [0.25, 0.3) is 0 Å². The number of nitrogens with two attached hydrogens (primary N) is 1. The number of hydrogen-bond donors (Lipinski definition) is 2. The number of oxazole rings is 1. The van der Waals surface area contributed by atoms with E-state index in [1.807, 2.05) is 24.3 Å². The van der Waals surface area contributed by atoms with E-state index in [0.717, 1.165) is 5.56 Å². The van der Waals surface area contributed by atoms with Crippen molar-refractivity contribution in [2.24, 2.45) is 0 Å². The minimum atomic E-state index is 0.0433. The number of aliphatic hydroxyl groups excluding tert-OH is 1. The maximum absolute atomic E-state index is 8.72. The van der Waals surface area contributed by atoms with E-state index in [2.05, 4.69) is 4.98 Å². The van der Waals surface area contributed by atoms with Gasteiger partial charge in [-0.05, 0) is 24.3 Å². The molecule has 1 aromatic carbocycles. The molecule has 0 aliphatic heterocycles. The first-order valence-electron chi connectivity index (χ1n) is 4.71. The van der Waals surface area contributed by atoms with Crippen LogP contribution in [0.2, 0.25) is 0 Å². The first-order valence-corrected chi connectivity index (χ1v) is 4.71. The second-order valence-electron chi connectivity index (χ2n) is 3.21. The highest BCUT2D eigenvalue weighted by Crippen LogP contribution is 2.21. The van der Waals surface area contributed by atoms with Crippen LogP contribution in [0.5, 0.6) is 0 Å². The molecule has 4 nitrogen and oxygen atoms in total. The molecule has 0 bridgehead atoms. The Morgan fingerprint density at radius 3 is 2.67 bits per heavy atom. The van der Waals surface area contributed by atoms with Gasteiger partial charge in [-0.2, -0.15) is 0 Å². The second-order valence-corrected chi connectivity index (χ2v) is 3.21. The Balaban J connectivity index is 2.25. The molecule has 15 heavy (non-hydrogen) atoms. The summed E-state index contributed by atoms with van der Waals surface area (Å²) >= 11 is 0. The van der Waals surface area contributed by atoms with Gasteiger partial charge < -0.3 is 15.3 Å². The van der Waals surface area contributed by atoms with Gasteiger partial charge >= 0.3 is 0 Å². The molecule has 0 saturated heterocycles. The van der Waals surface area contributed by atoms with Crippen molar-refractivity contribution in [3.8, 4) is 11.3 Å². The van der Waals surface area contributed by atoms with Crippen molar-refractivity contribution >= 4 is 5.69 Å². The number of rotatable bonds is 3. The zero-order valence-corrected chi connectivity index (χ0v) is 8.18. The van der Waals surface area contributed by atoms with Crippen molar-refractivity contribution < 1.29 is 9.52 Å². The molecule has 1 aromatic heterocycles. The summed E-state index contributed by atoms with van der Waals surface area (Å²) in [7, 11) is 0. The fourth-order valence-corrected chi connectivity index (χ4v) is 1.30. The quantitative estimate of drug-likeness (QED) is 0.742. The molecule has 0 spiro atoms. The molecule has 0 amide bonds. The minimum Gasteiger partial charge on any atom is -0.441 e. The van der Waals surface area contributed by atoms with E-state index in [-0.39, 0.29) is 6.61 Å². The predicted molar refractivity (Wildman–Crippen MR) is 57.1 cm³/mol. The van der Waals surface area contributed by atoms with Crippen LogP contribution in [0, 0.1) is 0 Å². The standard InChI is InChI=1S/C11H12N2O2/c12-9-3-1-8(2-4-9)10-7-13-11(15-10)5-6-14/h1-4,7,14H,5-6,12H2. The molecule has 78 valence electrons. The van der Waals surface area contributed by atoms with Crippen molar-refractivity contribution in [2.45, 2.75) is 6.42 Å². The number of nitrogen functional groups attached to an aromatic ring is 1. The Labute approximate surface area is 87.4 Å². The van der Waals surface area contributed by atoms with Gasteiger partial charge in [-0.25, -0.2) is 4.98 Å². The summed E-state index contributed by atoms with van der Waals surface area (Å²) in [5.74, 6) is 1.24. The van der Waals surface area contributed by atoms with Crippen molar-refractivity contribution in [1.82, 2.24) is 4.98 Å². The number of aliphatic hydroxyl groups is 1. The maximum atomic E-state index is 8.72. The third kappa shape index (κ3) is 2.16. The highest BCUT2D eigenvalue weighted by molar-refractivity contribution is 5.59. The summed E-state index contributed by atoms with van der Waals surface area (Å²) in [5, 5.41) is 8.72. The van der Waals surface area contributed by atoms with Gasteiger partial charge in [0.05, 0.1) is 12.8 Å². The molecular formula is C11H12N2O2. The largest absolute Gasteiger partial charge is 0.441 e. The second kappa shape index (κ2) is 4.14. The number of benzene rings is 1. The average Bonchev–Trinajstić information content (AvgIpc) is 2.68. The molecular weight excluding hydrogens is 192 g/mol. The van der Waals surface area contributed by atoms with Crippen molar-refractivity contribution in [1.29, 1.82) is 0 Å². The van der Waals surface area contributed by atoms with E-state index in [1.165, 1.54) is 0 Å². The minimum absolute atomic E-state index is 0.0433. The Morgan fingerprint density at radius 1 is 1.27 bits per heavy atom. The van der Waals surface area contributed by atoms with E-state index in [9.17, 15) is 0 Å². The first kappa shape index (κ1) is 9.73. The lowest BCUT2D eigenvalue weighted by Gasteiger charge is -1.96. The first-order chi connectivity index (χ1) is 7.29. The van der Waals surface area contributed by atoms with Gasteiger partial charge in [0.1, 0.15) is 0 Å².